The predicted octanol–water partition coefficient (Wildman–Crippen LogP) is -1.48. The third kappa shape index (κ3) is 5.85. The minimum atomic E-state index is -4.95. The van der Waals surface area contributed by atoms with Gasteiger partial charge in [0.25, 0.3) is 11.8 Å². The Morgan fingerprint density at radius 1 is 1.48 bits per heavy atom. The lowest BCUT2D eigenvalue weighted by Gasteiger charge is -2.50. The maximum Gasteiger partial charge on any atom is 0.418 e. The molecule has 1 saturated heterocycles. The monoisotopic (exact) mass is 480 g/mol. The van der Waals surface area contributed by atoms with Gasteiger partial charge in [0.05, 0.1) is 12.1 Å². The van der Waals surface area contributed by atoms with Crippen molar-refractivity contribution in [2.75, 3.05) is 18.9 Å². The van der Waals surface area contributed by atoms with Crippen LogP contribution in [0.25, 0.3) is 0 Å². The third-order valence-electron chi connectivity index (χ3n) is 4.01. The number of aromatic nitrogens is 1. The highest BCUT2D eigenvalue weighted by Crippen LogP contribution is 2.32. The molecule has 31 heavy (non-hydrogen) atoms. The summed E-state index contributed by atoms with van der Waals surface area (Å²) >= 11 is 1.01. The summed E-state index contributed by atoms with van der Waals surface area (Å²) in [7, 11) is -4.95. The lowest BCUT2D eigenvalue weighted by Crippen LogP contribution is -2.76. The van der Waals surface area contributed by atoms with E-state index in [1.807, 2.05) is 0 Å². The van der Waals surface area contributed by atoms with Gasteiger partial charge in [0.2, 0.25) is 5.91 Å². The number of hydrogen-bond acceptors (Lipinski definition) is 12. The molecule has 5 N–H and O–H groups in total. The number of carbonyl (C=O) groups is 3. The van der Waals surface area contributed by atoms with Crippen LogP contribution in [0.1, 0.15) is 26.5 Å². The number of rotatable bonds is 9. The van der Waals surface area contributed by atoms with E-state index in [4.69, 9.17) is 15.1 Å². The summed E-state index contributed by atoms with van der Waals surface area (Å²) < 4.78 is 34.7. The maximum absolute atomic E-state index is 12.7. The number of β-lactam (4-membered cyclic amide) rings is 1. The maximum atomic E-state index is 12.7. The third-order valence-corrected chi connectivity index (χ3v) is 5.03. The number of hydrogen-bond donors (Lipinski definition) is 4. The molecule has 172 valence electrons. The normalized spacial score (nSPS) is 18.4. The first-order valence-corrected chi connectivity index (χ1v) is 10.7. The van der Waals surface area contributed by atoms with Gasteiger partial charge in [-0.3, -0.25) is 24.1 Å². The van der Waals surface area contributed by atoms with Crippen LogP contribution in [0.4, 0.5) is 5.13 Å². The van der Waals surface area contributed by atoms with Gasteiger partial charge in [0.1, 0.15) is 18.3 Å². The number of nitrogens with one attached hydrogen (secondary N) is 1. The zero-order valence-corrected chi connectivity index (χ0v) is 18.1. The summed E-state index contributed by atoms with van der Waals surface area (Å²) in [6, 6.07) is -1.23. The second-order valence-electron chi connectivity index (χ2n) is 6.68. The Balaban J connectivity index is 2.14. The molecule has 3 amide bonds. The average molecular weight is 480 g/mol. The number of nitrogens with zero attached hydrogens (tertiary/aromatic N) is 4. The van der Waals surface area contributed by atoms with E-state index in [2.05, 4.69) is 19.7 Å². The number of nitrogens with two attached hydrogens (primary N) is 1. The number of nitrogen functional groups attached to an aromatic ring is 1. The Morgan fingerprint density at radius 2 is 2.13 bits per heavy atom. The van der Waals surface area contributed by atoms with Crippen LogP contribution in [0.15, 0.2) is 10.5 Å². The molecule has 0 aliphatic carbocycles. The molecule has 1 fully saturated rings. The minimum absolute atomic E-state index is 0.0306. The van der Waals surface area contributed by atoms with E-state index in [0.29, 0.717) is 10.1 Å². The van der Waals surface area contributed by atoms with Gasteiger partial charge in [-0.15, -0.1) is 15.6 Å². The molecule has 0 saturated carbocycles. The number of oxime groups is 1. The van der Waals surface area contributed by atoms with Crippen molar-refractivity contribution in [1.82, 2.24) is 20.4 Å². The summed E-state index contributed by atoms with van der Waals surface area (Å²) in [5.41, 5.74) is 3.90. The molecular formula is C14H20N6O9S2. The fourth-order valence-corrected chi connectivity index (χ4v) is 3.42. The van der Waals surface area contributed by atoms with Gasteiger partial charge in [-0.25, -0.2) is 10.0 Å². The summed E-state index contributed by atoms with van der Waals surface area (Å²) in [6.45, 7) is 3.40. The second-order valence-corrected chi connectivity index (χ2v) is 8.58. The Labute approximate surface area is 180 Å². The molecule has 17 heteroatoms. The van der Waals surface area contributed by atoms with Crippen molar-refractivity contribution in [2.24, 2.45) is 5.16 Å². The Kier molecular flexibility index (Phi) is 7.17. The minimum Gasteiger partial charge on any atom is -0.393 e. The summed E-state index contributed by atoms with van der Waals surface area (Å²) in [6.07, 6.45) is 0. The molecule has 2 rings (SSSR count). The van der Waals surface area contributed by atoms with E-state index in [-0.39, 0.29) is 29.7 Å². The highest BCUT2D eigenvalue weighted by atomic mass is 32.3. The average Bonchev–Trinajstić information content (AvgIpc) is 3.08. The fourth-order valence-electron chi connectivity index (χ4n) is 2.42. The summed E-state index contributed by atoms with van der Waals surface area (Å²) in [4.78, 5) is 44.8. The highest BCUT2D eigenvalue weighted by Gasteiger charge is 2.58. The van der Waals surface area contributed by atoms with Crippen LogP contribution in [0.2, 0.25) is 0 Å². The van der Waals surface area contributed by atoms with Crippen LogP contribution in [0.3, 0.4) is 0 Å². The fraction of sp³-hybridized carbons (Fsp3) is 0.500. The van der Waals surface area contributed by atoms with Gasteiger partial charge in [0, 0.05) is 12.3 Å². The van der Waals surface area contributed by atoms with Crippen molar-refractivity contribution in [3.63, 3.8) is 0 Å². The number of hydroxylamine groups is 4. The molecule has 0 unspecified atom stereocenters. The second kappa shape index (κ2) is 9.10. The smallest absolute Gasteiger partial charge is 0.393 e. The van der Waals surface area contributed by atoms with Crippen molar-refractivity contribution in [2.45, 2.75) is 32.4 Å². The number of carbonyl (C=O) groups excluding carboxylic acids is 3. The largest absolute Gasteiger partial charge is 0.418 e. The molecule has 0 bridgehead atoms. The van der Waals surface area contributed by atoms with Gasteiger partial charge in [-0.05, 0) is 13.8 Å². The molecule has 0 aromatic carbocycles. The predicted molar refractivity (Wildman–Crippen MR) is 104 cm³/mol. The van der Waals surface area contributed by atoms with Crippen molar-refractivity contribution in [3.05, 3.63) is 11.1 Å². The molecule has 1 aromatic heterocycles. The van der Waals surface area contributed by atoms with Crippen LogP contribution >= 0.6 is 11.3 Å². The Hall–Kier alpha value is -2.86. The first-order chi connectivity index (χ1) is 14.2. The van der Waals surface area contributed by atoms with Gasteiger partial charge < -0.3 is 15.9 Å². The topological polar surface area (TPSA) is 214 Å². The number of amides is 3. The zero-order chi connectivity index (χ0) is 23.6. The standard InChI is InChI=1S/C14H20N6O9S2/c1-7(21)19(24)4-5-28-18-9(8-6-30-13(15)16-8)11(22)17-10-12(23)20(14(10,2)3)29-31(25,26)27/h6,10,24H,4-5H2,1-3H3,(H2,15,16)(H,17,22)(H,25,26,27)/b18-9-/t10-/m1/s1. The first-order valence-electron chi connectivity index (χ1n) is 8.44. The summed E-state index contributed by atoms with van der Waals surface area (Å²) in [5, 5.41) is 17.6. The zero-order valence-electron chi connectivity index (χ0n) is 16.5. The van der Waals surface area contributed by atoms with E-state index < -0.39 is 39.7 Å². The SMILES string of the molecule is CC(=O)N(O)CCO/N=C(\C(=O)N[C@@H]1C(=O)N(OS(=O)(=O)O)C1(C)C)c1csc(N)n1. The Morgan fingerprint density at radius 3 is 2.61 bits per heavy atom. The lowest BCUT2D eigenvalue weighted by atomic mass is 9.84. The number of anilines is 1. The van der Waals surface area contributed by atoms with Gasteiger partial charge in [0.15, 0.2) is 10.8 Å². The van der Waals surface area contributed by atoms with Crippen LogP contribution in [-0.4, -0.2) is 81.5 Å². The Bertz CT molecular complexity index is 1010. The van der Waals surface area contributed by atoms with E-state index in [1.54, 1.807) is 0 Å². The van der Waals surface area contributed by atoms with Crippen LogP contribution in [-0.2, 0) is 33.9 Å². The van der Waals surface area contributed by atoms with Crippen molar-refractivity contribution >= 4 is 50.3 Å². The van der Waals surface area contributed by atoms with E-state index >= 15 is 0 Å². The first kappa shape index (κ1) is 24.4. The molecule has 2 heterocycles. The van der Waals surface area contributed by atoms with Crippen LogP contribution in [0, 0.1) is 0 Å². The molecule has 0 radical (unpaired) electrons. The van der Waals surface area contributed by atoms with Gasteiger partial charge in [-0.1, -0.05) is 5.16 Å². The van der Waals surface area contributed by atoms with Crippen LogP contribution in [0.5, 0.6) is 0 Å². The quantitative estimate of drug-likeness (QED) is 0.0798. The lowest BCUT2D eigenvalue weighted by molar-refractivity contribution is -0.218. The molecule has 15 nitrogen and oxygen atoms in total. The van der Waals surface area contributed by atoms with E-state index in [9.17, 15) is 28.0 Å². The van der Waals surface area contributed by atoms with Gasteiger partial charge >= 0.3 is 10.4 Å². The van der Waals surface area contributed by atoms with Crippen molar-refractivity contribution < 1.29 is 41.7 Å². The van der Waals surface area contributed by atoms with Crippen molar-refractivity contribution in [3.8, 4) is 0 Å². The molecule has 0 spiro atoms. The number of thiazole rings is 1. The molecular weight excluding hydrogens is 460 g/mol. The van der Waals surface area contributed by atoms with E-state index in [0.717, 1.165) is 18.3 Å². The summed E-state index contributed by atoms with van der Waals surface area (Å²) in [5.74, 6) is -2.47. The molecule has 1 aliphatic rings. The van der Waals surface area contributed by atoms with Gasteiger partial charge in [-0.2, -0.15) is 13.5 Å². The van der Waals surface area contributed by atoms with E-state index in [1.165, 1.54) is 19.2 Å². The highest BCUT2D eigenvalue weighted by molar-refractivity contribution is 7.80. The van der Waals surface area contributed by atoms with Crippen molar-refractivity contribution in [1.29, 1.82) is 0 Å². The van der Waals surface area contributed by atoms with Crippen LogP contribution < -0.4 is 11.1 Å². The molecule has 1 aromatic rings. The molecule has 1 atom stereocenters. The molecule has 1 aliphatic heterocycles.